The molecular formula is C17H20N4O2. The van der Waals surface area contributed by atoms with E-state index in [1.807, 2.05) is 24.3 Å². The van der Waals surface area contributed by atoms with E-state index < -0.39 is 5.91 Å². The zero-order valence-electron chi connectivity index (χ0n) is 13.0. The molecule has 23 heavy (non-hydrogen) atoms. The molecule has 0 fully saturated rings. The average molecular weight is 312 g/mol. The number of pyridine rings is 1. The fourth-order valence-electron chi connectivity index (χ4n) is 2.77. The predicted octanol–water partition coefficient (Wildman–Crippen LogP) is 2.75. The molecule has 0 saturated carbocycles. The van der Waals surface area contributed by atoms with Gasteiger partial charge in [-0.3, -0.25) is 14.4 Å². The van der Waals surface area contributed by atoms with Gasteiger partial charge >= 0.3 is 0 Å². The van der Waals surface area contributed by atoms with Gasteiger partial charge in [-0.25, -0.2) is 10.5 Å². The summed E-state index contributed by atoms with van der Waals surface area (Å²) in [6.45, 7) is 2.13. The van der Waals surface area contributed by atoms with E-state index in [4.69, 9.17) is 5.21 Å². The number of imidazole rings is 1. The number of anilines is 1. The minimum absolute atomic E-state index is 0.0164. The zero-order chi connectivity index (χ0) is 16.2. The van der Waals surface area contributed by atoms with E-state index in [9.17, 15) is 4.79 Å². The first-order chi connectivity index (χ1) is 11.2. The minimum Gasteiger partial charge on any atom is -0.359 e. The quantitative estimate of drug-likeness (QED) is 0.483. The fourth-order valence-corrected chi connectivity index (χ4v) is 2.77. The molecule has 0 bridgehead atoms. The summed E-state index contributed by atoms with van der Waals surface area (Å²) < 4.78 is 2.14. The molecule has 2 aromatic heterocycles. The molecule has 0 atom stereocenters. The van der Waals surface area contributed by atoms with Crippen LogP contribution in [0.25, 0.3) is 16.6 Å². The smallest absolute Gasteiger partial charge is 0.262 e. The molecule has 3 N–H and O–H groups in total. The summed E-state index contributed by atoms with van der Waals surface area (Å²) in [5.74, 6) is 0.201. The van der Waals surface area contributed by atoms with Crippen molar-refractivity contribution in [2.45, 2.75) is 26.2 Å². The molecule has 6 nitrogen and oxygen atoms in total. The topological polar surface area (TPSA) is 78.7 Å². The Morgan fingerprint density at radius 3 is 2.87 bits per heavy atom. The number of fused-ring (bicyclic) bond motifs is 3. The number of hydroxylamine groups is 1. The van der Waals surface area contributed by atoms with Gasteiger partial charge in [-0.05, 0) is 36.4 Å². The van der Waals surface area contributed by atoms with E-state index >= 15 is 0 Å². The molecule has 0 spiro atoms. The number of nitrogens with one attached hydrogen (secondary N) is 2. The summed E-state index contributed by atoms with van der Waals surface area (Å²) >= 11 is 0. The number of aromatic nitrogens is 2. The van der Waals surface area contributed by atoms with Crippen molar-refractivity contribution in [2.24, 2.45) is 0 Å². The Morgan fingerprint density at radius 2 is 2.09 bits per heavy atom. The number of carbonyl (C=O) groups excluding carboxylic acids is 1. The summed E-state index contributed by atoms with van der Waals surface area (Å²) in [6.07, 6.45) is 2.99. The number of unbranched alkanes of at least 4 members (excludes halogenated alkanes) is 1. The summed E-state index contributed by atoms with van der Waals surface area (Å²) in [7, 11) is 0. The Morgan fingerprint density at radius 1 is 1.26 bits per heavy atom. The number of para-hydroxylation sites is 1. The first-order valence-electron chi connectivity index (χ1n) is 7.80. The fraction of sp³-hybridized carbons (Fsp3) is 0.294. The molecule has 3 rings (SSSR count). The molecule has 2 heterocycles. The Hall–Kier alpha value is -2.60. The molecule has 0 saturated heterocycles. The van der Waals surface area contributed by atoms with Gasteiger partial charge < -0.3 is 5.32 Å². The molecule has 6 heteroatoms. The number of carbonyl (C=O) groups is 1. The van der Waals surface area contributed by atoms with Crippen LogP contribution in [0.4, 0.5) is 5.82 Å². The summed E-state index contributed by atoms with van der Waals surface area (Å²) in [6, 6.07) is 12.2. The van der Waals surface area contributed by atoms with Gasteiger partial charge in [0, 0.05) is 0 Å². The lowest BCUT2D eigenvalue weighted by Crippen LogP contribution is -2.27. The second-order valence-electron chi connectivity index (χ2n) is 5.48. The van der Waals surface area contributed by atoms with E-state index in [1.165, 1.54) is 0 Å². The van der Waals surface area contributed by atoms with Gasteiger partial charge in [-0.15, -0.1) is 0 Å². The lowest BCUT2D eigenvalue weighted by molar-refractivity contribution is -0.127. The van der Waals surface area contributed by atoms with Crippen molar-refractivity contribution in [3.8, 4) is 0 Å². The monoisotopic (exact) mass is 312 g/mol. The van der Waals surface area contributed by atoms with Crippen LogP contribution < -0.4 is 10.8 Å². The second-order valence-corrected chi connectivity index (χ2v) is 5.48. The molecular weight excluding hydrogens is 292 g/mol. The number of aryl methyl sites for hydroxylation is 1. The van der Waals surface area contributed by atoms with Crippen molar-refractivity contribution in [3.05, 3.63) is 42.1 Å². The number of hydrogen-bond acceptors (Lipinski definition) is 4. The maximum atomic E-state index is 11.3. The van der Waals surface area contributed by atoms with Crippen LogP contribution in [0.3, 0.4) is 0 Å². The molecule has 0 aliphatic carbocycles. The van der Waals surface area contributed by atoms with E-state index in [0.29, 0.717) is 5.82 Å². The van der Waals surface area contributed by atoms with Crippen LogP contribution in [-0.4, -0.2) is 27.0 Å². The van der Waals surface area contributed by atoms with Gasteiger partial charge in [-0.2, -0.15) is 0 Å². The average Bonchev–Trinajstić information content (AvgIpc) is 2.95. The van der Waals surface area contributed by atoms with Crippen LogP contribution in [0.5, 0.6) is 0 Å². The number of hydrogen-bond donors (Lipinski definition) is 3. The molecule has 0 aliphatic rings. The van der Waals surface area contributed by atoms with Gasteiger partial charge in [-0.1, -0.05) is 31.5 Å². The van der Waals surface area contributed by atoms with Crippen LogP contribution in [0, 0.1) is 0 Å². The molecule has 0 radical (unpaired) electrons. The van der Waals surface area contributed by atoms with E-state index in [0.717, 1.165) is 41.5 Å². The van der Waals surface area contributed by atoms with Crippen LogP contribution >= 0.6 is 0 Å². The van der Waals surface area contributed by atoms with E-state index in [-0.39, 0.29) is 6.54 Å². The number of rotatable bonds is 6. The van der Waals surface area contributed by atoms with Crippen LogP contribution in [0.2, 0.25) is 0 Å². The van der Waals surface area contributed by atoms with Crippen LogP contribution in [0.1, 0.15) is 25.5 Å². The first kappa shape index (κ1) is 15.3. The van der Waals surface area contributed by atoms with Crippen molar-refractivity contribution >= 4 is 28.3 Å². The third-order valence-electron chi connectivity index (χ3n) is 3.90. The van der Waals surface area contributed by atoms with Crippen LogP contribution in [-0.2, 0) is 11.2 Å². The molecule has 120 valence electrons. The van der Waals surface area contributed by atoms with Gasteiger partial charge in [0.15, 0.2) is 0 Å². The largest absolute Gasteiger partial charge is 0.359 e. The predicted molar refractivity (Wildman–Crippen MR) is 89.7 cm³/mol. The van der Waals surface area contributed by atoms with Crippen molar-refractivity contribution < 1.29 is 10.0 Å². The highest BCUT2D eigenvalue weighted by Gasteiger charge is 2.14. The Bertz CT molecular complexity index is 841. The Balaban J connectivity index is 2.11. The van der Waals surface area contributed by atoms with Crippen molar-refractivity contribution in [2.75, 3.05) is 11.9 Å². The maximum absolute atomic E-state index is 11.3. The van der Waals surface area contributed by atoms with Gasteiger partial charge in [0.25, 0.3) is 5.91 Å². The van der Waals surface area contributed by atoms with Crippen molar-refractivity contribution in [1.29, 1.82) is 0 Å². The second kappa shape index (κ2) is 6.66. The third kappa shape index (κ3) is 2.98. The Kier molecular flexibility index (Phi) is 4.43. The lowest BCUT2D eigenvalue weighted by Gasteiger charge is -2.08. The van der Waals surface area contributed by atoms with E-state index in [1.54, 1.807) is 5.48 Å². The molecule has 1 aromatic carbocycles. The summed E-state index contributed by atoms with van der Waals surface area (Å²) in [5, 5.41) is 12.8. The van der Waals surface area contributed by atoms with Crippen LogP contribution in [0.15, 0.2) is 36.4 Å². The standard InChI is InChI=1S/C17H20N4O2/c1-2-3-7-14-17(18-11-16(22)20-23)19-15-10-9-12-6-4-5-8-13(12)21(14)15/h4-6,8-10,18,23H,2-3,7,11H2,1H3,(H,20,22). The highest BCUT2D eigenvalue weighted by atomic mass is 16.5. The lowest BCUT2D eigenvalue weighted by atomic mass is 10.2. The highest BCUT2D eigenvalue weighted by Crippen LogP contribution is 2.25. The first-order valence-corrected chi connectivity index (χ1v) is 7.80. The number of nitrogens with zero attached hydrogens (tertiary/aromatic N) is 2. The SMILES string of the molecule is CCCCc1c(NCC(=O)NO)nc2ccc3ccccc3n12. The summed E-state index contributed by atoms with van der Waals surface area (Å²) in [4.78, 5) is 15.9. The minimum atomic E-state index is -0.492. The normalized spacial score (nSPS) is 11.0. The molecule has 0 aliphatic heterocycles. The number of amides is 1. The Labute approximate surface area is 134 Å². The van der Waals surface area contributed by atoms with E-state index in [2.05, 4.69) is 33.8 Å². The van der Waals surface area contributed by atoms with Gasteiger partial charge in [0.2, 0.25) is 0 Å². The number of benzene rings is 1. The maximum Gasteiger partial charge on any atom is 0.262 e. The summed E-state index contributed by atoms with van der Waals surface area (Å²) in [5.41, 5.74) is 4.63. The van der Waals surface area contributed by atoms with Gasteiger partial charge in [0.05, 0.1) is 17.8 Å². The van der Waals surface area contributed by atoms with Crippen molar-refractivity contribution in [3.63, 3.8) is 0 Å². The molecule has 3 aromatic rings. The molecule has 1 amide bonds. The van der Waals surface area contributed by atoms with Gasteiger partial charge in [0.1, 0.15) is 11.5 Å². The van der Waals surface area contributed by atoms with Crippen molar-refractivity contribution in [1.82, 2.24) is 14.9 Å². The zero-order valence-corrected chi connectivity index (χ0v) is 13.0. The molecule has 0 unspecified atom stereocenters. The highest BCUT2D eigenvalue weighted by molar-refractivity contribution is 5.84. The third-order valence-corrected chi connectivity index (χ3v) is 3.90.